The minimum Gasteiger partial charge on any atom is -0.465 e. The number of hydrogen-bond acceptors (Lipinski definition) is 5. The molecule has 0 aromatic heterocycles. The Morgan fingerprint density at radius 2 is 1.18 bits per heavy atom. The van der Waals surface area contributed by atoms with Crippen LogP contribution in [-0.4, -0.2) is 18.6 Å². The van der Waals surface area contributed by atoms with Crippen LogP contribution in [0.2, 0.25) is 0 Å². The lowest BCUT2D eigenvalue weighted by atomic mass is 10.1. The zero-order valence-electron chi connectivity index (χ0n) is 25.2. The first-order chi connectivity index (χ1) is 21.6. The van der Waals surface area contributed by atoms with E-state index in [0.29, 0.717) is 12.0 Å². The maximum Gasteiger partial charge on any atom is 0.513 e. The van der Waals surface area contributed by atoms with Gasteiger partial charge in [-0.3, -0.25) is 4.79 Å². The Balaban J connectivity index is 1.75. The van der Waals surface area contributed by atoms with Crippen molar-refractivity contribution in [2.45, 2.75) is 83.6 Å². The minimum absolute atomic E-state index is 0.0602. The molecule has 0 saturated heterocycles. The minimum atomic E-state index is -5.07. The van der Waals surface area contributed by atoms with Gasteiger partial charge in [0.25, 0.3) is 0 Å². The summed E-state index contributed by atoms with van der Waals surface area (Å²) in [5.41, 5.74) is 0.591. The van der Waals surface area contributed by atoms with E-state index in [1.54, 1.807) is 36.4 Å². The Hall–Kier alpha value is -3.43. The van der Waals surface area contributed by atoms with Gasteiger partial charge in [0.15, 0.2) is 0 Å². The van der Waals surface area contributed by atoms with E-state index in [9.17, 15) is 31.3 Å². The Morgan fingerprint density at radius 1 is 0.689 bits per heavy atom. The first-order valence-electron chi connectivity index (χ1n) is 15.2. The lowest BCUT2D eigenvalue weighted by Crippen LogP contribution is -2.40. The zero-order chi connectivity index (χ0) is 32.7. The van der Waals surface area contributed by atoms with Gasteiger partial charge in [-0.2, -0.15) is 13.9 Å². The molecule has 0 amide bonds. The number of benzene rings is 3. The van der Waals surface area contributed by atoms with Crippen LogP contribution in [0.4, 0.5) is 22.0 Å². The van der Waals surface area contributed by atoms with Gasteiger partial charge in [0.2, 0.25) is 34.8 Å². The van der Waals surface area contributed by atoms with E-state index in [0.717, 1.165) is 25.7 Å². The van der Waals surface area contributed by atoms with Crippen molar-refractivity contribution in [3.63, 3.8) is 0 Å². The molecule has 0 unspecified atom stereocenters. The second kappa shape index (κ2) is 18.5. The van der Waals surface area contributed by atoms with Crippen LogP contribution in [-0.2, 0) is 20.5 Å². The van der Waals surface area contributed by atoms with Crippen molar-refractivity contribution in [3.8, 4) is 11.5 Å². The van der Waals surface area contributed by atoms with E-state index in [2.05, 4.69) is 12.0 Å². The van der Waals surface area contributed by atoms with Crippen LogP contribution in [0.25, 0.3) is 0 Å². The van der Waals surface area contributed by atoms with E-state index in [4.69, 9.17) is 13.8 Å². The summed E-state index contributed by atoms with van der Waals surface area (Å²) in [6, 6.07) is 14.3. The SMILES string of the molecule is CCCCCCCCCCCCOC(=O)[C@H](Cc1ccccc1)N[P@](=O)(Oc1ccccc1)Oc1c(F)c(F)c(F)c(F)c1F. The second-order valence-electron chi connectivity index (χ2n) is 10.6. The van der Waals surface area contributed by atoms with Gasteiger partial charge in [0.05, 0.1) is 6.61 Å². The lowest BCUT2D eigenvalue weighted by Gasteiger charge is -2.25. The first-order valence-corrected chi connectivity index (χ1v) is 16.7. The highest BCUT2D eigenvalue weighted by Crippen LogP contribution is 2.48. The van der Waals surface area contributed by atoms with Crippen LogP contribution in [0.5, 0.6) is 11.5 Å². The van der Waals surface area contributed by atoms with Crippen molar-refractivity contribution in [2.24, 2.45) is 0 Å². The quantitative estimate of drug-likeness (QED) is 0.0326. The number of unbranched alkanes of at least 4 members (excludes halogenated alkanes) is 9. The molecule has 0 aliphatic rings. The van der Waals surface area contributed by atoms with Gasteiger partial charge in [-0.15, -0.1) is 0 Å². The number of rotatable bonds is 20. The third-order valence-electron chi connectivity index (χ3n) is 6.97. The monoisotopic (exact) mass is 655 g/mol. The molecule has 246 valence electrons. The molecule has 0 bridgehead atoms. The molecule has 6 nitrogen and oxygen atoms in total. The highest BCUT2D eigenvalue weighted by molar-refractivity contribution is 7.52. The third kappa shape index (κ3) is 11.5. The van der Waals surface area contributed by atoms with Gasteiger partial charge in [-0.05, 0) is 30.5 Å². The normalized spacial score (nSPS) is 13.2. The highest BCUT2D eigenvalue weighted by atomic mass is 31.2. The number of esters is 1. The van der Waals surface area contributed by atoms with Crippen molar-refractivity contribution in [1.82, 2.24) is 5.09 Å². The fourth-order valence-corrected chi connectivity index (χ4v) is 6.08. The fraction of sp³-hybridized carbons (Fsp3) is 0.424. The summed E-state index contributed by atoms with van der Waals surface area (Å²) >= 11 is 0. The van der Waals surface area contributed by atoms with Crippen LogP contribution in [0.3, 0.4) is 0 Å². The maximum atomic E-state index is 14.6. The number of hydrogen-bond donors (Lipinski definition) is 1. The van der Waals surface area contributed by atoms with Crippen molar-refractivity contribution >= 4 is 13.7 Å². The number of carbonyl (C=O) groups excluding carboxylic acids is 1. The molecule has 45 heavy (non-hydrogen) atoms. The molecule has 0 spiro atoms. The molecule has 0 heterocycles. The molecule has 12 heteroatoms. The summed E-state index contributed by atoms with van der Waals surface area (Å²) < 4.78 is 100. The molecule has 0 saturated carbocycles. The Morgan fingerprint density at radius 3 is 1.73 bits per heavy atom. The molecule has 0 fully saturated rings. The number of halogens is 5. The first kappa shape index (κ1) is 36.0. The number of ether oxygens (including phenoxy) is 1. The van der Waals surface area contributed by atoms with Gasteiger partial charge in [0.1, 0.15) is 11.8 Å². The zero-order valence-corrected chi connectivity index (χ0v) is 26.1. The predicted molar refractivity (Wildman–Crippen MR) is 161 cm³/mol. The Bertz CT molecular complexity index is 1370. The maximum absolute atomic E-state index is 14.6. The summed E-state index contributed by atoms with van der Waals surface area (Å²) in [4.78, 5) is 13.2. The van der Waals surface area contributed by atoms with Crippen molar-refractivity contribution in [2.75, 3.05) is 6.61 Å². The largest absolute Gasteiger partial charge is 0.513 e. The van der Waals surface area contributed by atoms with E-state index in [1.165, 1.54) is 56.4 Å². The highest BCUT2D eigenvalue weighted by Gasteiger charge is 2.39. The second-order valence-corrected chi connectivity index (χ2v) is 12.2. The lowest BCUT2D eigenvalue weighted by molar-refractivity contribution is -0.145. The van der Waals surface area contributed by atoms with E-state index in [-0.39, 0.29) is 18.8 Å². The average Bonchev–Trinajstić information content (AvgIpc) is 3.04. The van der Waals surface area contributed by atoms with Crippen LogP contribution < -0.4 is 14.1 Å². The van der Waals surface area contributed by atoms with E-state index >= 15 is 0 Å². The fourth-order valence-electron chi connectivity index (χ4n) is 4.56. The smallest absolute Gasteiger partial charge is 0.465 e. The van der Waals surface area contributed by atoms with Crippen LogP contribution in [0.15, 0.2) is 60.7 Å². The molecule has 3 aromatic carbocycles. The summed E-state index contributed by atoms with van der Waals surface area (Å²) in [6.45, 7) is 2.24. The van der Waals surface area contributed by atoms with Gasteiger partial charge in [-0.25, -0.2) is 17.7 Å². The Kier molecular flexibility index (Phi) is 14.8. The van der Waals surface area contributed by atoms with Crippen LogP contribution >= 0.6 is 7.75 Å². The van der Waals surface area contributed by atoms with Gasteiger partial charge >= 0.3 is 13.7 Å². The van der Waals surface area contributed by atoms with E-state index < -0.39 is 54.6 Å². The topological polar surface area (TPSA) is 73.9 Å². The number of para-hydroxylation sites is 1. The van der Waals surface area contributed by atoms with Gasteiger partial charge in [-0.1, -0.05) is 113 Å². The molecule has 3 aromatic rings. The standard InChI is InChI=1S/C33H39F5NO5P/c1-2-3-4-5-6-7-8-9-10-17-22-42-33(40)26(23-24-18-13-11-14-19-24)39-45(41,43-25-20-15-12-16-21-25)44-32-30(37)28(35)27(34)29(36)31(32)38/h11-16,18-21,26H,2-10,17,22-23H2,1H3,(H,39,41)/t26-,45-/m0/s1. The molecule has 3 rings (SSSR count). The number of carbonyl (C=O) groups is 1. The molecule has 0 radical (unpaired) electrons. The molecular weight excluding hydrogens is 616 g/mol. The van der Waals surface area contributed by atoms with Crippen molar-refractivity contribution in [3.05, 3.63) is 95.3 Å². The van der Waals surface area contributed by atoms with Gasteiger partial charge in [0, 0.05) is 0 Å². The third-order valence-corrected chi connectivity index (χ3v) is 8.48. The summed E-state index contributed by atoms with van der Waals surface area (Å²) in [6.07, 6.45) is 10.6. The van der Waals surface area contributed by atoms with Crippen molar-refractivity contribution in [1.29, 1.82) is 0 Å². The average molecular weight is 656 g/mol. The van der Waals surface area contributed by atoms with Gasteiger partial charge < -0.3 is 13.8 Å². The van der Waals surface area contributed by atoms with E-state index in [1.807, 2.05) is 0 Å². The van der Waals surface area contributed by atoms with Crippen LogP contribution in [0, 0.1) is 29.1 Å². The number of nitrogens with one attached hydrogen (secondary N) is 1. The molecule has 0 aliphatic carbocycles. The molecule has 2 atom stereocenters. The summed E-state index contributed by atoms with van der Waals surface area (Å²) in [5, 5.41) is 2.34. The summed E-state index contributed by atoms with van der Waals surface area (Å²) in [7, 11) is -5.07. The van der Waals surface area contributed by atoms with Crippen molar-refractivity contribution < 1.29 is 45.1 Å². The predicted octanol–water partition coefficient (Wildman–Crippen LogP) is 9.61. The molecule has 1 N–H and O–H groups in total. The Labute approximate surface area is 260 Å². The molecular formula is C33H39F5NO5P. The summed E-state index contributed by atoms with van der Waals surface area (Å²) in [5.74, 6) is -14.5. The molecule has 0 aliphatic heterocycles. The van der Waals surface area contributed by atoms with Crippen LogP contribution in [0.1, 0.15) is 76.7 Å².